The molecule has 160 valence electrons. The van der Waals surface area contributed by atoms with Crippen LogP contribution in [0.5, 0.6) is 0 Å². The van der Waals surface area contributed by atoms with Crippen LogP contribution in [0.1, 0.15) is 39.6 Å². The van der Waals surface area contributed by atoms with Gasteiger partial charge in [-0.3, -0.25) is 9.59 Å². The number of hydrogen-bond donors (Lipinski definition) is 0. The molecule has 0 bridgehead atoms. The number of para-hydroxylation sites is 2. The van der Waals surface area contributed by atoms with Gasteiger partial charge in [0.15, 0.2) is 5.78 Å². The Bertz CT molecular complexity index is 1320. The van der Waals surface area contributed by atoms with Gasteiger partial charge in [-0.25, -0.2) is 4.98 Å². The molecule has 0 saturated carbocycles. The maximum atomic E-state index is 13.0. The topological polar surface area (TPSA) is 55.2 Å². The number of ketones is 1. The first kappa shape index (κ1) is 20.2. The van der Waals surface area contributed by atoms with Crippen LogP contribution in [0.15, 0.2) is 72.8 Å². The van der Waals surface area contributed by atoms with Crippen LogP contribution in [0.25, 0.3) is 11.0 Å². The van der Waals surface area contributed by atoms with Gasteiger partial charge in [0.1, 0.15) is 5.82 Å². The smallest absolute Gasteiger partial charge is 0.227 e. The van der Waals surface area contributed by atoms with Gasteiger partial charge in [0.25, 0.3) is 0 Å². The van der Waals surface area contributed by atoms with E-state index in [0.717, 1.165) is 22.5 Å². The molecule has 1 aromatic heterocycles. The third kappa shape index (κ3) is 3.60. The summed E-state index contributed by atoms with van der Waals surface area (Å²) in [7, 11) is 0. The second-order valence-electron chi connectivity index (χ2n) is 8.51. The Hall–Kier alpha value is -3.73. The fraction of sp³-hybridized carbons (Fsp3) is 0.222. The average molecular weight is 424 g/mol. The van der Waals surface area contributed by atoms with Crippen LogP contribution in [-0.2, 0) is 11.3 Å². The number of amides is 1. The van der Waals surface area contributed by atoms with E-state index in [-0.39, 0.29) is 24.2 Å². The number of imidazole rings is 1. The summed E-state index contributed by atoms with van der Waals surface area (Å²) in [4.78, 5) is 32.7. The lowest BCUT2D eigenvalue weighted by Crippen LogP contribution is -2.25. The molecule has 1 aliphatic heterocycles. The van der Waals surface area contributed by atoms with E-state index in [2.05, 4.69) is 26.0 Å². The lowest BCUT2D eigenvalue weighted by atomic mass is 10.1. The van der Waals surface area contributed by atoms with E-state index in [0.29, 0.717) is 18.5 Å². The molecule has 1 unspecified atom stereocenters. The molecule has 3 aromatic carbocycles. The van der Waals surface area contributed by atoms with Gasteiger partial charge in [0.2, 0.25) is 5.91 Å². The normalized spacial score (nSPS) is 16.1. The van der Waals surface area contributed by atoms with Gasteiger partial charge in [0.05, 0.1) is 17.6 Å². The molecule has 1 amide bonds. The van der Waals surface area contributed by atoms with E-state index in [1.807, 2.05) is 70.1 Å². The minimum atomic E-state index is -0.0694. The van der Waals surface area contributed by atoms with E-state index < -0.39 is 0 Å². The van der Waals surface area contributed by atoms with Crippen molar-refractivity contribution in [3.8, 4) is 0 Å². The molecule has 4 aromatic rings. The average Bonchev–Trinajstić information content (AvgIpc) is 3.37. The van der Waals surface area contributed by atoms with Crippen LogP contribution in [0.4, 0.5) is 5.69 Å². The first-order valence-corrected chi connectivity index (χ1v) is 10.9. The number of aryl methyl sites for hydroxylation is 2. The number of benzene rings is 3. The van der Waals surface area contributed by atoms with Gasteiger partial charge in [-0.05, 0) is 49.2 Å². The zero-order valence-corrected chi connectivity index (χ0v) is 18.3. The molecule has 5 nitrogen and oxygen atoms in total. The molecule has 1 fully saturated rings. The summed E-state index contributed by atoms with van der Waals surface area (Å²) < 4.78 is 1.99. The van der Waals surface area contributed by atoms with Crippen LogP contribution in [0, 0.1) is 13.8 Å². The number of Topliss-reactive ketones (excluding diaryl/α,β-unsaturated/α-hetero) is 1. The summed E-state index contributed by atoms with van der Waals surface area (Å²) in [6.45, 7) is 4.89. The number of carbonyl (C=O) groups is 2. The third-order valence-corrected chi connectivity index (χ3v) is 6.37. The van der Waals surface area contributed by atoms with Crippen LogP contribution in [-0.4, -0.2) is 27.8 Å². The van der Waals surface area contributed by atoms with Crippen LogP contribution < -0.4 is 4.90 Å². The summed E-state index contributed by atoms with van der Waals surface area (Å²) in [6, 6.07) is 23.3. The Morgan fingerprint density at radius 3 is 2.50 bits per heavy atom. The fourth-order valence-electron chi connectivity index (χ4n) is 4.45. The van der Waals surface area contributed by atoms with Gasteiger partial charge in [-0.15, -0.1) is 0 Å². The molecule has 1 atom stereocenters. The summed E-state index contributed by atoms with van der Waals surface area (Å²) in [6.07, 6.45) is 0.385. The Morgan fingerprint density at radius 2 is 1.72 bits per heavy atom. The summed E-state index contributed by atoms with van der Waals surface area (Å²) in [5.41, 5.74) is 5.74. The standard InChI is InChI=1S/C27H25N3O2/c1-18-12-13-22(14-19(18)2)29-16-21(15-26(29)32)27-28-23-10-6-7-11-24(23)30(27)17-25(31)20-8-4-3-5-9-20/h3-14,21H,15-17H2,1-2H3. The highest BCUT2D eigenvalue weighted by Gasteiger charge is 2.35. The zero-order chi connectivity index (χ0) is 22.2. The number of nitrogens with zero attached hydrogens (tertiary/aromatic N) is 3. The Morgan fingerprint density at radius 1 is 0.969 bits per heavy atom. The summed E-state index contributed by atoms with van der Waals surface area (Å²) in [5, 5.41) is 0. The van der Waals surface area contributed by atoms with Crippen molar-refractivity contribution in [2.75, 3.05) is 11.4 Å². The number of hydrogen-bond acceptors (Lipinski definition) is 3. The second kappa shape index (κ2) is 8.08. The largest absolute Gasteiger partial charge is 0.320 e. The van der Waals surface area contributed by atoms with Gasteiger partial charge in [-0.2, -0.15) is 0 Å². The van der Waals surface area contributed by atoms with E-state index in [9.17, 15) is 9.59 Å². The van der Waals surface area contributed by atoms with Crippen LogP contribution in [0.3, 0.4) is 0 Å². The van der Waals surface area contributed by atoms with Gasteiger partial charge in [-0.1, -0.05) is 48.5 Å². The van der Waals surface area contributed by atoms with E-state index >= 15 is 0 Å². The molecule has 0 radical (unpaired) electrons. The predicted octanol–water partition coefficient (Wildman–Crippen LogP) is 5.06. The van der Waals surface area contributed by atoms with Crippen molar-refractivity contribution in [2.45, 2.75) is 32.7 Å². The van der Waals surface area contributed by atoms with Crippen LogP contribution >= 0.6 is 0 Å². The van der Waals surface area contributed by atoms with E-state index in [1.165, 1.54) is 11.1 Å². The summed E-state index contributed by atoms with van der Waals surface area (Å²) >= 11 is 0. The first-order chi connectivity index (χ1) is 15.5. The molecular formula is C27H25N3O2. The maximum Gasteiger partial charge on any atom is 0.227 e. The molecule has 5 heteroatoms. The van der Waals surface area contributed by atoms with Gasteiger partial charge < -0.3 is 9.47 Å². The molecule has 0 aliphatic carbocycles. The molecule has 32 heavy (non-hydrogen) atoms. The highest BCUT2D eigenvalue weighted by Crippen LogP contribution is 2.34. The molecule has 1 saturated heterocycles. The predicted molar refractivity (Wildman–Crippen MR) is 126 cm³/mol. The monoisotopic (exact) mass is 423 g/mol. The minimum Gasteiger partial charge on any atom is -0.320 e. The molecule has 0 spiro atoms. The Balaban J connectivity index is 1.50. The van der Waals surface area contributed by atoms with Crippen molar-refractivity contribution in [1.82, 2.24) is 9.55 Å². The SMILES string of the molecule is Cc1ccc(N2CC(c3nc4ccccc4n3CC(=O)c3ccccc3)CC2=O)cc1C. The van der Waals surface area contributed by atoms with Crippen molar-refractivity contribution < 1.29 is 9.59 Å². The Kier molecular flexibility index (Phi) is 5.10. The van der Waals surface area contributed by atoms with Gasteiger partial charge in [0, 0.05) is 30.1 Å². The number of fused-ring (bicyclic) bond motifs is 1. The number of aromatic nitrogens is 2. The van der Waals surface area contributed by atoms with Crippen molar-refractivity contribution in [1.29, 1.82) is 0 Å². The highest BCUT2D eigenvalue weighted by atomic mass is 16.2. The number of anilines is 1. The first-order valence-electron chi connectivity index (χ1n) is 10.9. The third-order valence-electron chi connectivity index (χ3n) is 6.37. The minimum absolute atomic E-state index is 0.0327. The highest BCUT2D eigenvalue weighted by molar-refractivity contribution is 5.98. The van der Waals surface area contributed by atoms with Crippen LogP contribution in [0.2, 0.25) is 0 Å². The molecule has 1 aliphatic rings. The van der Waals surface area contributed by atoms with Gasteiger partial charge >= 0.3 is 0 Å². The number of carbonyl (C=O) groups excluding carboxylic acids is 2. The fourth-order valence-corrected chi connectivity index (χ4v) is 4.45. The molecular weight excluding hydrogens is 398 g/mol. The van der Waals surface area contributed by atoms with E-state index in [4.69, 9.17) is 4.98 Å². The van der Waals surface area contributed by atoms with E-state index in [1.54, 1.807) is 0 Å². The van der Waals surface area contributed by atoms with Crippen molar-refractivity contribution >= 4 is 28.4 Å². The second-order valence-corrected chi connectivity index (χ2v) is 8.51. The number of rotatable bonds is 5. The van der Waals surface area contributed by atoms with Crippen molar-refractivity contribution in [3.05, 3.63) is 95.3 Å². The van der Waals surface area contributed by atoms with Crippen molar-refractivity contribution in [2.24, 2.45) is 0 Å². The van der Waals surface area contributed by atoms with Crippen molar-refractivity contribution in [3.63, 3.8) is 0 Å². The molecule has 2 heterocycles. The molecule has 0 N–H and O–H groups in total. The molecule has 5 rings (SSSR count). The Labute approximate surface area is 187 Å². The quantitative estimate of drug-likeness (QED) is 0.422. The lowest BCUT2D eigenvalue weighted by Gasteiger charge is -2.18. The lowest BCUT2D eigenvalue weighted by molar-refractivity contribution is -0.117. The zero-order valence-electron chi connectivity index (χ0n) is 18.3. The summed E-state index contributed by atoms with van der Waals surface area (Å²) in [5.74, 6) is 0.854. The maximum absolute atomic E-state index is 13.0.